The highest BCUT2D eigenvalue weighted by molar-refractivity contribution is 5.70. The van der Waals surface area contributed by atoms with Gasteiger partial charge in [-0.25, -0.2) is 9.78 Å². The van der Waals surface area contributed by atoms with Crippen LogP contribution < -0.4 is 9.47 Å². The summed E-state index contributed by atoms with van der Waals surface area (Å²) in [7, 11) is 0. The van der Waals surface area contributed by atoms with Crippen LogP contribution in [0.15, 0.2) is 66.9 Å². The van der Waals surface area contributed by atoms with Crippen LogP contribution in [-0.2, 0) is 19.1 Å². The van der Waals surface area contributed by atoms with E-state index in [9.17, 15) is 18.0 Å². The van der Waals surface area contributed by atoms with Crippen LogP contribution >= 0.6 is 0 Å². The van der Waals surface area contributed by atoms with Crippen molar-refractivity contribution in [1.82, 2.24) is 14.8 Å². The second-order valence-corrected chi connectivity index (χ2v) is 9.51. The summed E-state index contributed by atoms with van der Waals surface area (Å²) in [6.07, 6.45) is -1.14. The van der Waals surface area contributed by atoms with Gasteiger partial charge in [0.05, 0.1) is 5.56 Å². The van der Waals surface area contributed by atoms with Crippen molar-refractivity contribution in [3.8, 4) is 17.4 Å². The maximum Gasteiger partial charge on any atom is 0.417 e. The first-order valence-electron chi connectivity index (χ1n) is 12.4. The average Bonchev–Trinajstić information content (AvgIpc) is 2.90. The number of amides is 1. The number of piperidine rings is 1. The lowest BCUT2D eigenvalue weighted by atomic mass is 9.94. The second-order valence-electron chi connectivity index (χ2n) is 9.51. The fraction of sp³-hybridized carbons (Fsp3) is 0.357. The SMILES string of the molecule is O=C(Oc1ccc(Oc2ccc(C(F)(F)F)cn2)cc1)N1CCC(CN2CCc3ccccc3C2)CC1. The van der Waals surface area contributed by atoms with Gasteiger partial charge in [-0.1, -0.05) is 24.3 Å². The molecule has 2 aromatic carbocycles. The number of hydrogen-bond acceptors (Lipinski definition) is 5. The first-order valence-corrected chi connectivity index (χ1v) is 12.4. The number of carbonyl (C=O) groups is 1. The van der Waals surface area contributed by atoms with Crippen molar-refractivity contribution in [2.75, 3.05) is 26.2 Å². The first kappa shape index (κ1) is 25.1. The molecule has 9 heteroatoms. The minimum Gasteiger partial charge on any atom is -0.439 e. The summed E-state index contributed by atoms with van der Waals surface area (Å²) < 4.78 is 49.0. The highest BCUT2D eigenvalue weighted by Gasteiger charge is 2.31. The molecule has 2 aliphatic heterocycles. The van der Waals surface area contributed by atoms with Crippen molar-refractivity contribution in [2.45, 2.75) is 32.0 Å². The Morgan fingerprint density at radius 3 is 2.30 bits per heavy atom. The average molecular weight is 512 g/mol. The molecule has 0 aliphatic carbocycles. The summed E-state index contributed by atoms with van der Waals surface area (Å²) in [5.41, 5.74) is 2.03. The molecule has 3 aromatic rings. The van der Waals surface area contributed by atoms with Crippen LogP contribution in [0, 0.1) is 5.92 Å². The molecule has 2 aliphatic rings. The molecular weight excluding hydrogens is 483 g/mol. The van der Waals surface area contributed by atoms with Crippen LogP contribution in [0.5, 0.6) is 17.4 Å². The number of ether oxygens (including phenoxy) is 2. The molecule has 0 bridgehead atoms. The topological polar surface area (TPSA) is 54.9 Å². The molecular formula is C28H28F3N3O3. The van der Waals surface area contributed by atoms with Crippen LogP contribution in [0.4, 0.5) is 18.0 Å². The van der Waals surface area contributed by atoms with Gasteiger partial charge in [0.25, 0.3) is 0 Å². The first-order chi connectivity index (χ1) is 17.8. The summed E-state index contributed by atoms with van der Waals surface area (Å²) >= 11 is 0. The van der Waals surface area contributed by atoms with E-state index in [4.69, 9.17) is 9.47 Å². The third-order valence-electron chi connectivity index (χ3n) is 6.91. The van der Waals surface area contributed by atoms with Crippen LogP contribution in [0.3, 0.4) is 0 Å². The van der Waals surface area contributed by atoms with Gasteiger partial charge in [-0.05, 0) is 66.6 Å². The van der Waals surface area contributed by atoms with E-state index < -0.39 is 11.7 Å². The number of halogens is 3. The van der Waals surface area contributed by atoms with E-state index in [0.29, 0.717) is 30.5 Å². The second kappa shape index (κ2) is 10.8. The van der Waals surface area contributed by atoms with E-state index in [-0.39, 0.29) is 12.0 Å². The smallest absolute Gasteiger partial charge is 0.417 e. The predicted molar refractivity (Wildman–Crippen MR) is 131 cm³/mol. The number of nitrogens with zero attached hydrogens (tertiary/aromatic N) is 3. The lowest BCUT2D eigenvalue weighted by molar-refractivity contribution is -0.137. The van der Waals surface area contributed by atoms with E-state index in [2.05, 4.69) is 34.1 Å². The number of benzene rings is 2. The Labute approximate surface area is 213 Å². The number of pyridine rings is 1. The van der Waals surface area contributed by atoms with E-state index in [1.54, 1.807) is 29.2 Å². The lowest BCUT2D eigenvalue weighted by Gasteiger charge is -2.36. The standard InChI is InChI=1S/C28H28F3N3O3/c29-28(30,31)23-5-10-26(32-17-23)36-24-6-8-25(9-7-24)37-27(35)34-15-11-20(12-16-34)18-33-14-13-21-3-1-2-4-22(21)19-33/h1-10,17,20H,11-16,18-19H2. The Bertz CT molecular complexity index is 1210. The Morgan fingerprint density at radius 1 is 0.919 bits per heavy atom. The number of hydrogen-bond donors (Lipinski definition) is 0. The fourth-order valence-electron chi connectivity index (χ4n) is 4.84. The van der Waals surface area contributed by atoms with Crippen LogP contribution in [0.2, 0.25) is 0 Å². The van der Waals surface area contributed by atoms with E-state index in [1.807, 2.05) is 0 Å². The molecule has 3 heterocycles. The molecule has 0 saturated carbocycles. The number of rotatable bonds is 5. The van der Waals surface area contributed by atoms with E-state index in [1.165, 1.54) is 11.1 Å². The van der Waals surface area contributed by atoms with Gasteiger partial charge in [0.1, 0.15) is 11.5 Å². The van der Waals surface area contributed by atoms with Crippen LogP contribution in [-0.4, -0.2) is 47.1 Å². The number of likely N-dealkylation sites (tertiary alicyclic amines) is 1. The maximum atomic E-state index is 12.7. The van der Waals surface area contributed by atoms with Gasteiger partial charge in [-0.3, -0.25) is 4.90 Å². The Hall–Kier alpha value is -3.59. The molecule has 0 spiro atoms. The normalized spacial score (nSPS) is 16.8. The summed E-state index contributed by atoms with van der Waals surface area (Å²) in [5, 5.41) is 0. The number of alkyl halides is 3. The zero-order valence-corrected chi connectivity index (χ0v) is 20.3. The van der Waals surface area contributed by atoms with Crippen molar-refractivity contribution >= 4 is 6.09 Å². The van der Waals surface area contributed by atoms with E-state index >= 15 is 0 Å². The summed E-state index contributed by atoms with van der Waals surface area (Å²) in [6, 6.07) is 17.0. The molecule has 1 fully saturated rings. The van der Waals surface area contributed by atoms with Gasteiger partial charge in [-0.15, -0.1) is 0 Å². The highest BCUT2D eigenvalue weighted by atomic mass is 19.4. The molecule has 37 heavy (non-hydrogen) atoms. The number of carbonyl (C=O) groups excluding carboxylic acids is 1. The van der Waals surface area contributed by atoms with Gasteiger partial charge in [0, 0.05) is 45.0 Å². The Morgan fingerprint density at radius 2 is 1.62 bits per heavy atom. The minimum absolute atomic E-state index is 0.0365. The van der Waals surface area contributed by atoms with Gasteiger partial charge in [0.2, 0.25) is 5.88 Å². The molecule has 6 nitrogen and oxygen atoms in total. The molecule has 0 radical (unpaired) electrons. The predicted octanol–water partition coefficient (Wildman–Crippen LogP) is 6.16. The quantitative estimate of drug-likeness (QED) is 0.411. The summed E-state index contributed by atoms with van der Waals surface area (Å²) in [5.74, 6) is 1.33. The third kappa shape index (κ3) is 6.40. The lowest BCUT2D eigenvalue weighted by Crippen LogP contribution is -2.43. The van der Waals surface area contributed by atoms with E-state index in [0.717, 1.165) is 57.2 Å². The highest BCUT2D eigenvalue weighted by Crippen LogP contribution is 2.30. The Kier molecular flexibility index (Phi) is 7.32. The number of aromatic nitrogens is 1. The zero-order valence-electron chi connectivity index (χ0n) is 20.3. The molecule has 0 unspecified atom stereocenters. The molecule has 194 valence electrons. The Balaban J connectivity index is 1.07. The van der Waals surface area contributed by atoms with Gasteiger partial charge in [-0.2, -0.15) is 13.2 Å². The van der Waals surface area contributed by atoms with Gasteiger partial charge >= 0.3 is 12.3 Å². The van der Waals surface area contributed by atoms with Crippen molar-refractivity contribution in [1.29, 1.82) is 0 Å². The monoisotopic (exact) mass is 511 g/mol. The molecule has 1 amide bonds. The zero-order chi connectivity index (χ0) is 25.8. The minimum atomic E-state index is -4.45. The van der Waals surface area contributed by atoms with Crippen molar-refractivity contribution in [3.63, 3.8) is 0 Å². The van der Waals surface area contributed by atoms with Gasteiger partial charge < -0.3 is 14.4 Å². The molecule has 5 rings (SSSR count). The maximum absolute atomic E-state index is 12.7. The molecule has 0 atom stereocenters. The summed E-state index contributed by atoms with van der Waals surface area (Å²) in [4.78, 5) is 20.6. The van der Waals surface area contributed by atoms with Crippen molar-refractivity contribution < 1.29 is 27.4 Å². The van der Waals surface area contributed by atoms with Crippen molar-refractivity contribution in [3.05, 3.63) is 83.6 Å². The summed E-state index contributed by atoms with van der Waals surface area (Å²) in [6.45, 7) is 4.44. The molecule has 1 saturated heterocycles. The molecule has 1 aromatic heterocycles. The third-order valence-corrected chi connectivity index (χ3v) is 6.91. The van der Waals surface area contributed by atoms with Crippen molar-refractivity contribution in [2.24, 2.45) is 5.92 Å². The number of fused-ring (bicyclic) bond motifs is 1. The van der Waals surface area contributed by atoms with Crippen LogP contribution in [0.1, 0.15) is 29.5 Å². The fourth-order valence-corrected chi connectivity index (χ4v) is 4.84. The van der Waals surface area contributed by atoms with Crippen LogP contribution in [0.25, 0.3) is 0 Å². The largest absolute Gasteiger partial charge is 0.439 e. The van der Waals surface area contributed by atoms with Gasteiger partial charge in [0.15, 0.2) is 0 Å². The molecule has 0 N–H and O–H groups in total.